The van der Waals surface area contributed by atoms with E-state index in [2.05, 4.69) is 32.5 Å². The van der Waals surface area contributed by atoms with Crippen LogP contribution in [-0.4, -0.2) is 32.4 Å². The molecule has 5 aromatic rings. The Morgan fingerprint density at radius 1 is 1.06 bits per heavy atom. The Morgan fingerprint density at radius 3 is 2.74 bits per heavy atom. The van der Waals surface area contributed by atoms with Crippen molar-refractivity contribution in [1.82, 2.24) is 25.3 Å². The Kier molecular flexibility index (Phi) is 6.29. The van der Waals surface area contributed by atoms with Crippen molar-refractivity contribution >= 4 is 45.1 Å². The molecule has 3 aromatic carbocycles. The summed E-state index contributed by atoms with van der Waals surface area (Å²) in [4.78, 5) is 16.7. The number of hydrogen-bond donors (Lipinski definition) is 2. The predicted molar refractivity (Wildman–Crippen MR) is 138 cm³/mol. The number of anilines is 1. The lowest BCUT2D eigenvalue weighted by atomic mass is 10.1. The summed E-state index contributed by atoms with van der Waals surface area (Å²) in [6, 6.07) is 20.5. The molecule has 8 heteroatoms. The molecule has 2 heterocycles. The Morgan fingerprint density at radius 2 is 1.89 bits per heavy atom. The second-order valence-electron chi connectivity index (χ2n) is 7.99. The van der Waals surface area contributed by atoms with E-state index in [1.807, 2.05) is 53.2 Å². The van der Waals surface area contributed by atoms with Gasteiger partial charge in [0.1, 0.15) is 11.3 Å². The zero-order valence-corrected chi connectivity index (χ0v) is 19.5. The van der Waals surface area contributed by atoms with Gasteiger partial charge in [-0.15, -0.1) is 5.10 Å². The fourth-order valence-electron chi connectivity index (χ4n) is 3.79. The summed E-state index contributed by atoms with van der Waals surface area (Å²) in [5.41, 5.74) is 9.87. The number of amides is 1. The maximum atomic E-state index is 12.5. The molecular weight excluding hydrogens is 460 g/mol. The van der Waals surface area contributed by atoms with Crippen LogP contribution in [0.2, 0.25) is 5.02 Å². The molecule has 0 fully saturated rings. The molecule has 3 N–H and O–H groups in total. The molecule has 0 bridgehead atoms. The molecule has 0 unspecified atom stereocenters. The number of carbonyl (C=O) groups is 1. The van der Waals surface area contributed by atoms with Crippen molar-refractivity contribution in [2.75, 3.05) is 12.3 Å². The minimum atomic E-state index is -0.134. The normalized spacial score (nSPS) is 10.8. The van der Waals surface area contributed by atoms with Crippen LogP contribution in [-0.2, 0) is 6.54 Å². The number of nitrogen functional groups attached to an aromatic ring is 1. The third-order valence-corrected chi connectivity index (χ3v) is 5.85. The van der Waals surface area contributed by atoms with Gasteiger partial charge in [0.25, 0.3) is 5.91 Å². The molecule has 0 spiro atoms. The van der Waals surface area contributed by atoms with Gasteiger partial charge in [0.15, 0.2) is 0 Å². The molecule has 172 valence electrons. The van der Waals surface area contributed by atoms with Crippen LogP contribution in [0, 0.1) is 11.8 Å². The zero-order valence-electron chi connectivity index (χ0n) is 18.7. The van der Waals surface area contributed by atoms with E-state index in [9.17, 15) is 4.79 Å². The highest BCUT2D eigenvalue weighted by Gasteiger charge is 2.07. The summed E-state index contributed by atoms with van der Waals surface area (Å²) < 4.78 is 1.85. The monoisotopic (exact) mass is 480 g/mol. The lowest BCUT2D eigenvalue weighted by Crippen LogP contribution is -2.25. The maximum Gasteiger partial charge on any atom is 0.251 e. The van der Waals surface area contributed by atoms with Crippen LogP contribution in [0.1, 0.15) is 27.9 Å². The second-order valence-corrected chi connectivity index (χ2v) is 8.42. The SMILES string of the molecule is Nc1ncc2ccc(Cl)cc2c1C#Cc1ccc(C(=O)NCCCn2nnc3ccccc32)cc1. The standard InChI is InChI=1S/C27H21ClN6O/c28-21-12-11-20-17-31-26(29)22(23(20)16-21)13-8-18-6-9-19(10-7-18)27(35)30-14-3-15-34-25-5-2-1-4-24(25)32-33-34/h1-2,4-7,9-12,16-17H,3,14-15H2,(H2,29,31)(H,30,35). The quantitative estimate of drug-likeness (QED) is 0.286. The molecule has 0 radical (unpaired) electrons. The number of nitrogens with one attached hydrogen (secondary N) is 1. The summed E-state index contributed by atoms with van der Waals surface area (Å²) in [6.45, 7) is 1.21. The third-order valence-electron chi connectivity index (χ3n) is 5.61. The highest BCUT2D eigenvalue weighted by molar-refractivity contribution is 6.31. The van der Waals surface area contributed by atoms with Crippen molar-refractivity contribution in [3.63, 3.8) is 0 Å². The van der Waals surface area contributed by atoms with Crippen LogP contribution < -0.4 is 11.1 Å². The van der Waals surface area contributed by atoms with Crippen LogP contribution in [0.15, 0.2) is 72.9 Å². The zero-order chi connectivity index (χ0) is 24.2. The van der Waals surface area contributed by atoms with Gasteiger partial charge >= 0.3 is 0 Å². The number of halogens is 1. The minimum Gasteiger partial charge on any atom is -0.383 e. The summed E-state index contributed by atoms with van der Waals surface area (Å²) in [6.07, 6.45) is 2.45. The summed E-state index contributed by atoms with van der Waals surface area (Å²) in [5, 5.41) is 13.6. The molecule has 0 saturated heterocycles. The van der Waals surface area contributed by atoms with Crippen molar-refractivity contribution in [3.8, 4) is 11.8 Å². The number of pyridine rings is 1. The number of para-hydroxylation sites is 1. The number of aromatic nitrogens is 4. The average Bonchev–Trinajstić information content (AvgIpc) is 3.29. The van der Waals surface area contributed by atoms with Crippen molar-refractivity contribution in [2.24, 2.45) is 0 Å². The summed E-state index contributed by atoms with van der Waals surface area (Å²) >= 11 is 6.15. The van der Waals surface area contributed by atoms with E-state index in [1.165, 1.54) is 0 Å². The van der Waals surface area contributed by atoms with E-state index >= 15 is 0 Å². The Hall–Kier alpha value is -4.41. The molecule has 2 aromatic heterocycles. The molecular formula is C27H21ClN6O. The number of rotatable bonds is 5. The number of aryl methyl sites for hydroxylation is 1. The van der Waals surface area contributed by atoms with E-state index in [0.29, 0.717) is 35.1 Å². The predicted octanol–water partition coefficient (Wildman–Crippen LogP) is 4.44. The van der Waals surface area contributed by atoms with E-state index < -0.39 is 0 Å². The smallest absolute Gasteiger partial charge is 0.251 e. The third kappa shape index (κ3) is 4.93. The number of nitrogens with two attached hydrogens (primary N) is 1. The van der Waals surface area contributed by atoms with Gasteiger partial charge in [-0.25, -0.2) is 9.67 Å². The van der Waals surface area contributed by atoms with Gasteiger partial charge < -0.3 is 11.1 Å². The van der Waals surface area contributed by atoms with Crippen LogP contribution in [0.4, 0.5) is 5.82 Å². The highest BCUT2D eigenvalue weighted by atomic mass is 35.5. The van der Waals surface area contributed by atoms with Gasteiger partial charge in [-0.2, -0.15) is 0 Å². The van der Waals surface area contributed by atoms with E-state index in [0.717, 1.165) is 33.8 Å². The lowest BCUT2D eigenvalue weighted by molar-refractivity contribution is 0.0952. The van der Waals surface area contributed by atoms with Crippen LogP contribution in [0.3, 0.4) is 0 Å². The molecule has 35 heavy (non-hydrogen) atoms. The topological polar surface area (TPSA) is 98.7 Å². The van der Waals surface area contributed by atoms with E-state index in [1.54, 1.807) is 24.4 Å². The van der Waals surface area contributed by atoms with Gasteiger partial charge in [0.05, 0.1) is 11.1 Å². The number of carbonyl (C=O) groups excluding carboxylic acids is 1. The Labute approximate surface area is 206 Å². The van der Waals surface area contributed by atoms with Crippen LogP contribution in [0.25, 0.3) is 21.8 Å². The van der Waals surface area contributed by atoms with Crippen molar-refractivity contribution in [1.29, 1.82) is 0 Å². The molecule has 0 atom stereocenters. The first-order chi connectivity index (χ1) is 17.1. The molecule has 0 aliphatic heterocycles. The first kappa shape index (κ1) is 22.4. The van der Waals surface area contributed by atoms with Gasteiger partial charge in [-0.1, -0.05) is 46.9 Å². The second kappa shape index (κ2) is 9.84. The number of fused-ring (bicyclic) bond motifs is 2. The molecule has 7 nitrogen and oxygen atoms in total. The first-order valence-electron chi connectivity index (χ1n) is 11.1. The molecule has 0 aliphatic carbocycles. The molecule has 0 aliphatic rings. The Balaban J connectivity index is 1.21. The first-order valence-corrected chi connectivity index (χ1v) is 11.5. The molecule has 1 amide bonds. The van der Waals surface area contributed by atoms with Crippen LogP contribution in [0.5, 0.6) is 0 Å². The fourth-order valence-corrected chi connectivity index (χ4v) is 3.96. The van der Waals surface area contributed by atoms with Crippen molar-refractivity contribution < 1.29 is 4.79 Å². The van der Waals surface area contributed by atoms with Gasteiger partial charge in [-0.05, 0) is 55.0 Å². The van der Waals surface area contributed by atoms with E-state index in [-0.39, 0.29) is 5.91 Å². The number of hydrogen-bond acceptors (Lipinski definition) is 5. The molecule has 5 rings (SSSR count). The number of nitrogens with zero attached hydrogens (tertiary/aromatic N) is 4. The van der Waals surface area contributed by atoms with Gasteiger partial charge in [0, 0.05) is 46.2 Å². The largest absolute Gasteiger partial charge is 0.383 e. The van der Waals surface area contributed by atoms with Crippen molar-refractivity contribution in [2.45, 2.75) is 13.0 Å². The van der Waals surface area contributed by atoms with Gasteiger partial charge in [-0.3, -0.25) is 4.79 Å². The van der Waals surface area contributed by atoms with E-state index in [4.69, 9.17) is 17.3 Å². The van der Waals surface area contributed by atoms with Gasteiger partial charge in [0.2, 0.25) is 0 Å². The van der Waals surface area contributed by atoms with Crippen molar-refractivity contribution in [3.05, 3.63) is 94.6 Å². The minimum absolute atomic E-state index is 0.134. The van der Waals surface area contributed by atoms with Crippen LogP contribution >= 0.6 is 11.6 Å². The fraction of sp³-hybridized carbons (Fsp3) is 0.111. The lowest BCUT2D eigenvalue weighted by Gasteiger charge is -2.06. The number of benzene rings is 3. The molecule has 0 saturated carbocycles. The summed E-state index contributed by atoms with van der Waals surface area (Å²) in [5.74, 6) is 6.42. The summed E-state index contributed by atoms with van der Waals surface area (Å²) in [7, 11) is 0. The Bertz CT molecular complexity index is 1590. The highest BCUT2D eigenvalue weighted by Crippen LogP contribution is 2.25. The maximum absolute atomic E-state index is 12.5. The average molecular weight is 481 g/mol.